The summed E-state index contributed by atoms with van der Waals surface area (Å²) in [6.45, 7) is 9.15. The molecule has 1 fully saturated rings. The highest BCUT2D eigenvalue weighted by molar-refractivity contribution is 5.78. The van der Waals surface area contributed by atoms with Crippen molar-refractivity contribution in [1.29, 1.82) is 0 Å². The van der Waals surface area contributed by atoms with Crippen molar-refractivity contribution in [2.45, 2.75) is 52.8 Å². The second-order valence-corrected chi connectivity index (χ2v) is 7.10. The number of halogens is 1. The predicted octanol–water partition coefficient (Wildman–Crippen LogP) is 1.13. The first-order valence-electron chi connectivity index (χ1n) is 8.45. The molecule has 1 saturated heterocycles. The quantitative estimate of drug-likeness (QED) is 0.808. The van der Waals surface area contributed by atoms with Gasteiger partial charge in [0.15, 0.2) is 0 Å². The van der Waals surface area contributed by atoms with Gasteiger partial charge < -0.3 is 5.73 Å². The molecule has 2 rings (SSSR count). The molecule has 2 N–H and O–H groups in total. The normalized spacial score (nSPS) is 17.1. The number of hydrogen-bond acceptors (Lipinski definition) is 4. The highest BCUT2D eigenvalue weighted by Crippen LogP contribution is 2.18. The summed E-state index contributed by atoms with van der Waals surface area (Å²) < 4.78 is 14.2. The van der Waals surface area contributed by atoms with Crippen LogP contribution < -0.4 is 11.3 Å². The monoisotopic (exact) mass is 338 g/mol. The molecule has 0 aliphatic carbocycles. The summed E-state index contributed by atoms with van der Waals surface area (Å²) in [6.07, 6.45) is 0.354. The van der Waals surface area contributed by atoms with Crippen LogP contribution in [0.4, 0.5) is 4.39 Å². The number of nitrogens with zero attached hydrogens (tertiary/aromatic N) is 3. The van der Waals surface area contributed by atoms with Crippen molar-refractivity contribution in [3.05, 3.63) is 27.2 Å². The lowest BCUT2D eigenvalue weighted by molar-refractivity contribution is -0.122. The molecular formula is C17H27FN4O2. The summed E-state index contributed by atoms with van der Waals surface area (Å²) in [4.78, 5) is 26.4. The number of nitrogens with two attached hydrogens (primary N) is 1. The van der Waals surface area contributed by atoms with Crippen LogP contribution in [-0.4, -0.2) is 46.4 Å². The van der Waals surface area contributed by atoms with Gasteiger partial charge in [-0.15, -0.1) is 0 Å². The van der Waals surface area contributed by atoms with Crippen molar-refractivity contribution in [2.75, 3.05) is 19.6 Å². The minimum absolute atomic E-state index is 0.212. The fraction of sp³-hybridized carbons (Fsp3) is 0.706. The zero-order chi connectivity index (χ0) is 18.0. The summed E-state index contributed by atoms with van der Waals surface area (Å²) in [5, 5.41) is 4.44. The van der Waals surface area contributed by atoms with E-state index in [2.05, 4.69) is 5.10 Å². The van der Waals surface area contributed by atoms with Crippen molar-refractivity contribution in [3.8, 4) is 0 Å². The largest absolute Gasteiger partial charge is 0.368 e. The first-order valence-corrected chi connectivity index (χ1v) is 8.45. The maximum absolute atomic E-state index is 12.9. The maximum atomic E-state index is 12.9. The second-order valence-electron chi connectivity index (χ2n) is 7.10. The number of rotatable bonds is 7. The highest BCUT2D eigenvalue weighted by Gasteiger charge is 2.27. The fourth-order valence-corrected chi connectivity index (χ4v) is 2.98. The first-order chi connectivity index (χ1) is 11.2. The van der Waals surface area contributed by atoms with E-state index in [4.69, 9.17) is 5.73 Å². The summed E-state index contributed by atoms with van der Waals surface area (Å²) >= 11 is 0. The van der Waals surface area contributed by atoms with Gasteiger partial charge in [-0.05, 0) is 31.7 Å². The van der Waals surface area contributed by atoms with Crippen molar-refractivity contribution >= 4 is 5.91 Å². The van der Waals surface area contributed by atoms with Crippen LogP contribution in [0.1, 0.15) is 43.1 Å². The highest BCUT2D eigenvalue weighted by atomic mass is 19.1. The number of likely N-dealkylation sites (tertiary alicyclic amines) is 1. The summed E-state index contributed by atoms with van der Waals surface area (Å²) in [7, 11) is 0. The SMILES string of the molecule is Cc1c(CCN2CC(F)C2)nn([C@@H](CC(C)C)C(N)=O)c(=O)c1C. The van der Waals surface area contributed by atoms with Gasteiger partial charge in [-0.25, -0.2) is 9.07 Å². The third-order valence-corrected chi connectivity index (χ3v) is 4.65. The van der Waals surface area contributed by atoms with Crippen LogP contribution in [0, 0.1) is 19.8 Å². The Bertz CT molecular complexity index is 665. The molecule has 24 heavy (non-hydrogen) atoms. The Morgan fingerprint density at radius 3 is 2.46 bits per heavy atom. The molecule has 1 aliphatic rings. The van der Waals surface area contributed by atoms with E-state index in [1.54, 1.807) is 6.92 Å². The minimum atomic E-state index is -0.741. The van der Waals surface area contributed by atoms with Crippen LogP contribution in [-0.2, 0) is 11.2 Å². The van der Waals surface area contributed by atoms with Gasteiger partial charge in [0, 0.05) is 31.6 Å². The maximum Gasteiger partial charge on any atom is 0.270 e. The Labute approximate surface area is 141 Å². The summed E-state index contributed by atoms with van der Waals surface area (Å²) in [6, 6.07) is -0.741. The Morgan fingerprint density at radius 2 is 1.96 bits per heavy atom. The number of alkyl halides is 1. The van der Waals surface area contributed by atoms with Crippen molar-refractivity contribution in [3.63, 3.8) is 0 Å². The molecule has 1 aliphatic heterocycles. The number of aromatic nitrogens is 2. The zero-order valence-electron chi connectivity index (χ0n) is 14.9. The van der Waals surface area contributed by atoms with E-state index in [1.165, 1.54) is 4.68 Å². The molecule has 1 aromatic rings. The zero-order valence-corrected chi connectivity index (χ0v) is 14.9. The van der Waals surface area contributed by atoms with Gasteiger partial charge >= 0.3 is 0 Å². The Morgan fingerprint density at radius 1 is 1.33 bits per heavy atom. The molecule has 1 aromatic heterocycles. The number of hydrogen-bond donors (Lipinski definition) is 1. The molecule has 0 aromatic carbocycles. The van der Waals surface area contributed by atoms with Gasteiger partial charge in [0.25, 0.3) is 5.56 Å². The fourth-order valence-electron chi connectivity index (χ4n) is 2.98. The number of carbonyl (C=O) groups is 1. The van der Waals surface area contributed by atoms with E-state index in [0.717, 1.165) is 11.3 Å². The molecule has 0 bridgehead atoms. The van der Waals surface area contributed by atoms with E-state index in [9.17, 15) is 14.0 Å². The van der Waals surface area contributed by atoms with Crippen LogP contribution in [0.5, 0.6) is 0 Å². The smallest absolute Gasteiger partial charge is 0.270 e. The van der Waals surface area contributed by atoms with Crippen LogP contribution in [0.15, 0.2) is 4.79 Å². The predicted molar refractivity (Wildman–Crippen MR) is 90.7 cm³/mol. The van der Waals surface area contributed by atoms with Crippen molar-refractivity contribution in [1.82, 2.24) is 14.7 Å². The van der Waals surface area contributed by atoms with Gasteiger partial charge in [-0.3, -0.25) is 14.5 Å². The van der Waals surface area contributed by atoms with Crippen molar-refractivity contribution in [2.24, 2.45) is 11.7 Å². The Balaban J connectivity index is 2.30. The van der Waals surface area contributed by atoms with Crippen LogP contribution >= 0.6 is 0 Å². The van der Waals surface area contributed by atoms with Gasteiger partial charge in [-0.1, -0.05) is 13.8 Å². The molecular weight excluding hydrogens is 311 g/mol. The van der Waals surface area contributed by atoms with E-state index < -0.39 is 18.1 Å². The average molecular weight is 338 g/mol. The number of primary amides is 1. The van der Waals surface area contributed by atoms with E-state index in [0.29, 0.717) is 38.0 Å². The molecule has 1 amide bonds. The van der Waals surface area contributed by atoms with E-state index in [1.807, 2.05) is 25.7 Å². The number of carbonyl (C=O) groups excluding carboxylic acids is 1. The summed E-state index contributed by atoms with van der Waals surface area (Å²) in [5.41, 5.74) is 7.42. The van der Waals surface area contributed by atoms with Crippen LogP contribution in [0.3, 0.4) is 0 Å². The molecule has 2 heterocycles. The van der Waals surface area contributed by atoms with Gasteiger partial charge in [0.05, 0.1) is 5.69 Å². The summed E-state index contributed by atoms with van der Waals surface area (Å²) in [5.74, 6) is -0.334. The van der Waals surface area contributed by atoms with Gasteiger partial charge in [-0.2, -0.15) is 5.10 Å². The Kier molecular flexibility index (Phi) is 5.74. The average Bonchev–Trinajstić information content (AvgIpc) is 2.47. The lowest BCUT2D eigenvalue weighted by atomic mass is 10.0. The minimum Gasteiger partial charge on any atom is -0.368 e. The molecule has 6 nitrogen and oxygen atoms in total. The topological polar surface area (TPSA) is 81.2 Å². The van der Waals surface area contributed by atoms with Crippen LogP contribution in [0.2, 0.25) is 0 Å². The molecule has 7 heteroatoms. The molecule has 134 valence electrons. The lowest BCUT2D eigenvalue weighted by Crippen LogP contribution is -2.49. The van der Waals surface area contributed by atoms with Crippen LogP contribution in [0.25, 0.3) is 0 Å². The lowest BCUT2D eigenvalue weighted by Gasteiger charge is -2.34. The van der Waals surface area contributed by atoms with Gasteiger partial charge in [0.2, 0.25) is 5.91 Å². The van der Waals surface area contributed by atoms with Crippen molar-refractivity contribution < 1.29 is 9.18 Å². The molecule has 0 spiro atoms. The molecule has 0 radical (unpaired) electrons. The third-order valence-electron chi connectivity index (χ3n) is 4.65. The molecule has 1 atom stereocenters. The van der Waals surface area contributed by atoms with E-state index in [-0.39, 0.29) is 11.5 Å². The van der Waals surface area contributed by atoms with Gasteiger partial charge in [0.1, 0.15) is 12.2 Å². The molecule has 0 unspecified atom stereocenters. The van der Waals surface area contributed by atoms with E-state index >= 15 is 0 Å². The standard InChI is InChI=1S/C17H27FN4O2/c1-10(2)7-15(16(19)23)22-17(24)12(4)11(3)14(20-22)5-6-21-8-13(18)9-21/h10,13,15H,5-9H2,1-4H3,(H2,19,23)/t15-/m0/s1. The Hall–Kier alpha value is -1.76. The molecule has 0 saturated carbocycles. The third kappa shape index (κ3) is 4.01. The number of amides is 1. The first kappa shape index (κ1) is 18.6. The second kappa shape index (κ2) is 7.42.